The molecule has 0 aliphatic carbocycles. The number of ether oxygens (including phenoxy) is 2. The summed E-state index contributed by atoms with van der Waals surface area (Å²) in [6.45, 7) is 0.548. The zero-order valence-corrected chi connectivity index (χ0v) is 14.0. The van der Waals surface area contributed by atoms with Gasteiger partial charge in [0, 0.05) is 6.54 Å². The van der Waals surface area contributed by atoms with Crippen LogP contribution in [0.1, 0.15) is 27.3 Å². The van der Waals surface area contributed by atoms with E-state index < -0.39 is 23.1 Å². The number of anilines is 1. The number of methoxy groups -OCH3 is 1. The number of hydrogen-bond acceptors (Lipinski definition) is 7. The van der Waals surface area contributed by atoms with E-state index in [0.29, 0.717) is 24.3 Å². The van der Waals surface area contributed by atoms with E-state index in [1.165, 1.54) is 7.11 Å². The van der Waals surface area contributed by atoms with Crippen molar-refractivity contribution >= 4 is 17.6 Å². The first-order valence-corrected chi connectivity index (χ1v) is 7.64. The number of H-pyrrole nitrogens is 2. The molecule has 26 heavy (non-hydrogen) atoms. The second-order valence-corrected chi connectivity index (χ2v) is 5.17. The lowest BCUT2D eigenvalue weighted by Gasteiger charge is -2.08. The lowest BCUT2D eigenvalue weighted by Crippen LogP contribution is -2.34. The molecular weight excluding hydrogens is 344 g/mol. The molecule has 0 aliphatic rings. The van der Waals surface area contributed by atoms with Gasteiger partial charge in [-0.3, -0.25) is 14.6 Å². The Hall–Kier alpha value is -3.56. The number of amides is 1. The molecule has 138 valence electrons. The number of aromatic nitrogens is 2. The van der Waals surface area contributed by atoms with Crippen molar-refractivity contribution < 1.29 is 19.1 Å². The maximum atomic E-state index is 11.9. The third-order valence-electron chi connectivity index (χ3n) is 3.36. The summed E-state index contributed by atoms with van der Waals surface area (Å²) in [4.78, 5) is 49.9. The van der Waals surface area contributed by atoms with Crippen molar-refractivity contribution in [1.82, 2.24) is 15.3 Å². The third kappa shape index (κ3) is 4.72. The van der Waals surface area contributed by atoms with E-state index in [9.17, 15) is 19.2 Å². The van der Waals surface area contributed by atoms with Crippen molar-refractivity contribution in [2.45, 2.75) is 6.42 Å². The van der Waals surface area contributed by atoms with Gasteiger partial charge in [-0.25, -0.2) is 9.59 Å². The summed E-state index contributed by atoms with van der Waals surface area (Å²) in [5.41, 5.74) is 3.61. The van der Waals surface area contributed by atoms with E-state index in [1.807, 2.05) is 4.98 Å². The Kier molecular flexibility index (Phi) is 6.15. The highest BCUT2D eigenvalue weighted by molar-refractivity contribution is 5.96. The van der Waals surface area contributed by atoms with Crippen molar-refractivity contribution in [2.24, 2.45) is 0 Å². The number of nitrogen functional groups attached to an aromatic ring is 1. The van der Waals surface area contributed by atoms with E-state index in [-0.39, 0.29) is 17.9 Å². The average molecular weight is 362 g/mol. The van der Waals surface area contributed by atoms with Crippen LogP contribution in [-0.2, 0) is 4.74 Å². The number of nitrogens with two attached hydrogens (primary N) is 1. The summed E-state index contributed by atoms with van der Waals surface area (Å²) < 4.78 is 10.1. The summed E-state index contributed by atoms with van der Waals surface area (Å²) in [6, 6.07) is 6.42. The number of aromatic amines is 2. The van der Waals surface area contributed by atoms with Gasteiger partial charge in [0.2, 0.25) is 0 Å². The van der Waals surface area contributed by atoms with Crippen LogP contribution >= 0.6 is 0 Å². The van der Waals surface area contributed by atoms with Crippen LogP contribution in [0.4, 0.5) is 5.69 Å². The van der Waals surface area contributed by atoms with Gasteiger partial charge >= 0.3 is 11.7 Å². The van der Waals surface area contributed by atoms with E-state index in [0.717, 1.165) is 0 Å². The van der Waals surface area contributed by atoms with Crippen LogP contribution < -0.4 is 27.0 Å². The highest BCUT2D eigenvalue weighted by Gasteiger charge is 2.13. The van der Waals surface area contributed by atoms with Crippen molar-refractivity contribution in [3.05, 3.63) is 56.4 Å². The number of carbonyl (C=O) groups is 2. The van der Waals surface area contributed by atoms with Crippen molar-refractivity contribution in [3.63, 3.8) is 0 Å². The van der Waals surface area contributed by atoms with Gasteiger partial charge in [-0.15, -0.1) is 0 Å². The lowest BCUT2D eigenvalue weighted by atomic mass is 10.2. The maximum Gasteiger partial charge on any atom is 0.337 e. The predicted molar refractivity (Wildman–Crippen MR) is 92.3 cm³/mol. The molecule has 0 saturated heterocycles. The minimum Gasteiger partial charge on any atom is -0.494 e. The highest BCUT2D eigenvalue weighted by Crippen LogP contribution is 2.13. The Morgan fingerprint density at radius 3 is 2.50 bits per heavy atom. The largest absolute Gasteiger partial charge is 0.494 e. The van der Waals surface area contributed by atoms with Crippen LogP contribution in [-0.4, -0.2) is 42.1 Å². The standard InChI is InChI=1S/C16H18N4O6/c1-25-15(23)9-3-5-10(6-4-9)26-8-2-7-18-14(22)12-11(17)13(21)20-16(24)19-12/h3-6H,2,7-8,17H2,1H3,(H,18,22)(H2,19,20,21,24). The zero-order chi connectivity index (χ0) is 19.1. The number of nitrogens with one attached hydrogen (secondary N) is 3. The van der Waals surface area contributed by atoms with Gasteiger partial charge in [-0.1, -0.05) is 0 Å². The molecule has 10 nitrogen and oxygen atoms in total. The van der Waals surface area contributed by atoms with Crippen molar-refractivity contribution in [3.8, 4) is 5.75 Å². The Labute approximate surface area is 147 Å². The molecule has 0 saturated carbocycles. The first kappa shape index (κ1) is 18.8. The lowest BCUT2D eigenvalue weighted by molar-refractivity contribution is 0.0600. The number of carbonyl (C=O) groups excluding carboxylic acids is 2. The Morgan fingerprint density at radius 2 is 1.85 bits per heavy atom. The van der Waals surface area contributed by atoms with E-state index >= 15 is 0 Å². The molecule has 0 fully saturated rings. The molecule has 0 unspecified atom stereocenters. The zero-order valence-electron chi connectivity index (χ0n) is 14.0. The first-order chi connectivity index (χ1) is 12.4. The summed E-state index contributed by atoms with van der Waals surface area (Å²) >= 11 is 0. The minimum absolute atomic E-state index is 0.243. The predicted octanol–water partition coefficient (Wildman–Crippen LogP) is -0.369. The summed E-state index contributed by atoms with van der Waals surface area (Å²) in [6.07, 6.45) is 0.470. The van der Waals surface area contributed by atoms with Gasteiger partial charge in [0.25, 0.3) is 11.5 Å². The molecule has 2 rings (SSSR count). The van der Waals surface area contributed by atoms with Crippen LogP contribution in [0.5, 0.6) is 5.75 Å². The first-order valence-electron chi connectivity index (χ1n) is 7.64. The van der Waals surface area contributed by atoms with Gasteiger partial charge in [0.1, 0.15) is 17.1 Å². The van der Waals surface area contributed by atoms with Crippen LogP contribution in [0, 0.1) is 0 Å². The Balaban J connectivity index is 1.79. The fraction of sp³-hybridized carbons (Fsp3) is 0.250. The molecule has 1 aromatic heterocycles. The third-order valence-corrected chi connectivity index (χ3v) is 3.36. The molecule has 10 heteroatoms. The quantitative estimate of drug-likeness (QED) is 0.387. The number of benzene rings is 1. The molecule has 0 aliphatic heterocycles. The van der Waals surface area contributed by atoms with E-state index in [4.69, 9.17) is 10.5 Å². The normalized spacial score (nSPS) is 10.2. The molecule has 0 bridgehead atoms. The molecule has 1 heterocycles. The fourth-order valence-electron chi connectivity index (χ4n) is 2.03. The molecule has 0 spiro atoms. The van der Waals surface area contributed by atoms with Gasteiger partial charge in [0.05, 0.1) is 19.3 Å². The van der Waals surface area contributed by atoms with Crippen LogP contribution in [0.3, 0.4) is 0 Å². The highest BCUT2D eigenvalue weighted by atomic mass is 16.5. The Bertz CT molecular complexity index is 900. The van der Waals surface area contributed by atoms with Gasteiger partial charge < -0.3 is 25.5 Å². The monoisotopic (exact) mass is 362 g/mol. The van der Waals surface area contributed by atoms with Crippen molar-refractivity contribution in [1.29, 1.82) is 0 Å². The summed E-state index contributed by atoms with van der Waals surface area (Å²) in [5.74, 6) is -0.531. The molecule has 1 aromatic carbocycles. The molecule has 0 atom stereocenters. The molecule has 5 N–H and O–H groups in total. The SMILES string of the molecule is COC(=O)c1ccc(OCCCNC(=O)c2[nH]c(=O)[nH]c(=O)c2N)cc1. The smallest absolute Gasteiger partial charge is 0.337 e. The Morgan fingerprint density at radius 1 is 1.15 bits per heavy atom. The van der Waals surface area contributed by atoms with Crippen LogP contribution in [0.25, 0.3) is 0 Å². The van der Waals surface area contributed by atoms with E-state index in [2.05, 4.69) is 15.0 Å². The molecule has 1 amide bonds. The van der Waals surface area contributed by atoms with Crippen LogP contribution in [0.15, 0.2) is 33.9 Å². The second-order valence-electron chi connectivity index (χ2n) is 5.17. The van der Waals surface area contributed by atoms with Crippen LogP contribution in [0.2, 0.25) is 0 Å². The number of hydrogen-bond donors (Lipinski definition) is 4. The summed E-state index contributed by atoms with van der Waals surface area (Å²) in [5, 5.41) is 2.53. The average Bonchev–Trinajstić information content (AvgIpc) is 2.64. The maximum absolute atomic E-state index is 11.9. The second kappa shape index (κ2) is 8.51. The molecule has 0 radical (unpaired) electrons. The fourth-order valence-corrected chi connectivity index (χ4v) is 2.03. The van der Waals surface area contributed by atoms with Gasteiger partial charge in [-0.05, 0) is 30.7 Å². The molecular formula is C16H18N4O6. The summed E-state index contributed by atoms with van der Waals surface area (Å²) in [7, 11) is 1.30. The van der Waals surface area contributed by atoms with E-state index in [1.54, 1.807) is 24.3 Å². The molecule has 2 aromatic rings. The number of esters is 1. The van der Waals surface area contributed by atoms with Gasteiger partial charge in [0.15, 0.2) is 0 Å². The van der Waals surface area contributed by atoms with Gasteiger partial charge in [-0.2, -0.15) is 0 Å². The minimum atomic E-state index is -0.822. The van der Waals surface area contributed by atoms with Crippen molar-refractivity contribution in [2.75, 3.05) is 26.0 Å². The number of rotatable bonds is 7. The topological polar surface area (TPSA) is 156 Å².